The Kier molecular flexibility index (Phi) is 27.7. The van der Waals surface area contributed by atoms with Crippen LogP contribution >= 0.6 is 0 Å². The number of halogens is 3. The van der Waals surface area contributed by atoms with Gasteiger partial charge >= 0.3 is 21.6 Å². The third kappa shape index (κ3) is 17.5. The lowest BCUT2D eigenvalue weighted by atomic mass is 9.42. The first-order chi connectivity index (χ1) is 67.0. The molecule has 5 N–H and O–H groups in total. The third-order valence-corrected chi connectivity index (χ3v) is 52.6. The normalized spacial score (nSPS) is 37.1. The van der Waals surface area contributed by atoms with Crippen LogP contribution in [0.5, 0.6) is 46.0 Å². The van der Waals surface area contributed by atoms with E-state index in [1.807, 2.05) is 6.92 Å². The van der Waals surface area contributed by atoms with Gasteiger partial charge in [0, 0.05) is 63.7 Å². The van der Waals surface area contributed by atoms with E-state index in [2.05, 4.69) is 141 Å². The molecular formula is C113H160F3NO23S6. The number of hydrogen-bond donors (Lipinski definition) is 5. The van der Waals surface area contributed by atoms with Crippen molar-refractivity contribution in [2.45, 2.75) is 356 Å². The van der Waals surface area contributed by atoms with Gasteiger partial charge in [-0.15, -0.1) is 0 Å². The number of ether oxygens (including phenoxy) is 4. The molecule has 0 radical (unpaired) electrons. The molecule has 20 rings (SSSR count). The van der Waals surface area contributed by atoms with Gasteiger partial charge in [0.1, 0.15) is 40.2 Å². The summed E-state index contributed by atoms with van der Waals surface area (Å²) in [5.74, 6) is 0.953. The zero-order chi connectivity index (χ0) is 108. The number of esters is 1. The van der Waals surface area contributed by atoms with Crippen LogP contribution in [0.1, 0.15) is 348 Å². The van der Waals surface area contributed by atoms with Crippen molar-refractivity contribution in [1.29, 1.82) is 0 Å². The Bertz CT molecular complexity index is 6830. The van der Waals surface area contributed by atoms with Gasteiger partial charge in [0.2, 0.25) is 0 Å². The number of carbonyl (C=O) groups excluding carboxylic acids is 2. The molecule has 0 bridgehead atoms. The number of sulfone groups is 5. The molecule has 5 aromatic rings. The average molecular weight is 2150 g/mol. The van der Waals surface area contributed by atoms with Crippen LogP contribution in [0.3, 0.4) is 0 Å². The van der Waals surface area contributed by atoms with Crippen LogP contribution in [0, 0.1) is 113 Å². The number of nitrogens with one attached hydrogen (secondary N) is 1. The lowest BCUT2D eigenvalue weighted by molar-refractivity contribution is -0.0986. The second kappa shape index (κ2) is 36.3. The molecular weight excluding hydrogens is 1990 g/mol. The van der Waals surface area contributed by atoms with Crippen LogP contribution in [0.15, 0.2) is 85.1 Å². The topological polar surface area (TPSA) is 378 Å². The second-order valence-electron chi connectivity index (χ2n) is 52.8. The molecule has 0 spiro atoms. The van der Waals surface area contributed by atoms with Crippen LogP contribution in [0.2, 0.25) is 0 Å². The average Bonchev–Trinajstić information content (AvgIpc) is 0.693. The maximum atomic E-state index is 13.6. The lowest BCUT2D eigenvalue weighted by Crippen LogP contribution is -2.60. The van der Waals surface area contributed by atoms with E-state index in [0.29, 0.717) is 75.0 Å². The van der Waals surface area contributed by atoms with E-state index in [4.69, 9.17) is 18.9 Å². The van der Waals surface area contributed by atoms with Crippen molar-refractivity contribution < 1.29 is 117 Å². The number of methoxy groups -OCH3 is 4. The maximum Gasteiger partial charge on any atom is 0.534 e. The number of benzene rings is 5. The van der Waals surface area contributed by atoms with Crippen LogP contribution in [-0.4, -0.2) is 153 Å². The maximum absolute atomic E-state index is 13.6. The van der Waals surface area contributed by atoms with Crippen molar-refractivity contribution in [3.63, 3.8) is 0 Å². The van der Waals surface area contributed by atoms with E-state index in [1.54, 1.807) is 24.3 Å². The number of rotatable bonds is 7. The molecule has 812 valence electrons. The summed E-state index contributed by atoms with van der Waals surface area (Å²) < 4.78 is 223. The molecule has 146 heavy (non-hydrogen) atoms. The van der Waals surface area contributed by atoms with Gasteiger partial charge in [-0.05, 0) is 306 Å². The lowest BCUT2D eigenvalue weighted by Gasteiger charge is -2.64. The molecule has 10 aliphatic carbocycles. The first kappa shape index (κ1) is 112. The van der Waals surface area contributed by atoms with E-state index in [0.717, 1.165) is 134 Å². The van der Waals surface area contributed by atoms with Crippen molar-refractivity contribution in [1.82, 2.24) is 5.32 Å². The number of fused-ring (bicyclic) bond motifs is 25. The number of amides is 1. The van der Waals surface area contributed by atoms with Gasteiger partial charge in [-0.25, -0.2) is 46.9 Å². The third-order valence-electron chi connectivity index (χ3n) is 42.8. The fraction of sp³-hybridized carbons (Fsp3) is 0.717. The highest BCUT2D eigenvalue weighted by Gasteiger charge is 2.70. The highest BCUT2D eigenvalue weighted by Crippen LogP contribution is 2.75. The Balaban J connectivity index is 0.000000131. The van der Waals surface area contributed by atoms with E-state index in [-0.39, 0.29) is 188 Å². The van der Waals surface area contributed by atoms with Crippen molar-refractivity contribution in [3.05, 3.63) is 99.6 Å². The zero-order valence-electron chi connectivity index (χ0n) is 90.4. The van der Waals surface area contributed by atoms with E-state index < -0.39 is 98.7 Å². The summed E-state index contributed by atoms with van der Waals surface area (Å²) in [4.78, 5) is 26.1. The van der Waals surface area contributed by atoms with Gasteiger partial charge in [0.15, 0.2) is 54.9 Å². The Morgan fingerprint density at radius 1 is 0.329 bits per heavy atom. The molecule has 10 fully saturated rings. The van der Waals surface area contributed by atoms with Crippen LogP contribution in [-0.2, 0) is 91.1 Å². The molecule has 20 atom stereocenters. The highest BCUT2D eigenvalue weighted by molar-refractivity contribution is 7.92. The zero-order valence-corrected chi connectivity index (χ0v) is 95.3. The van der Waals surface area contributed by atoms with Crippen molar-refractivity contribution >= 4 is 71.2 Å². The largest absolute Gasteiger partial charge is 0.534 e. The molecule has 0 unspecified atom stereocenters. The van der Waals surface area contributed by atoms with Gasteiger partial charge < -0.3 is 48.9 Å². The summed E-state index contributed by atoms with van der Waals surface area (Å²) >= 11 is 0. The van der Waals surface area contributed by atoms with Crippen molar-refractivity contribution in [2.75, 3.05) is 64.3 Å². The SMILES string of the molecule is CC1(C)CCC[C@]2(C)[C@H]3CS(=O)(=O)c4cc(O)cc(O)c4[C@]3(C)CC[C@@H]12.CNC(=O)c1cc(O)cc2c1[C@]1(C)CC[C@H]3C(C)(C)CCC[C@]3(C)[C@H]1CS2(=O)=O.COC(=O)c1cc(OC)cc2c1[C@]1(C)CC[C@H]3C(C)(C)CCC[C@]3(C)[C@H]1CS2(=O)=O.COc1cc(O)c2c(c1)S(=O)(=O)C[C@@H]1[C@@]3(C)CCCC(C)(C)[C@@H]3CC[C@@]21C.COc1cc(OS(=O)(=O)C(F)(F)F)c2c(c1)S(=O)(=O)C[C@@H]1[C@@]3(C)CCCC(C)(C)[C@@H]3CC[C@@]21C. The Morgan fingerprint density at radius 3 is 0.884 bits per heavy atom. The Morgan fingerprint density at radius 2 is 0.582 bits per heavy atom. The summed E-state index contributed by atoms with van der Waals surface area (Å²) in [6.07, 6.45) is 25.2. The van der Waals surface area contributed by atoms with E-state index >= 15 is 0 Å². The summed E-state index contributed by atoms with van der Waals surface area (Å²) in [6.45, 7) is 44.9. The predicted octanol–water partition coefficient (Wildman–Crippen LogP) is 23.1. The smallest absolute Gasteiger partial charge is 0.508 e. The Labute approximate surface area is 866 Å². The molecule has 10 saturated carbocycles. The van der Waals surface area contributed by atoms with Gasteiger partial charge in [0.05, 0.1) is 87.2 Å². The number of phenolic OH excluding ortho intramolecular Hbond substituents is 4. The minimum atomic E-state index is -6.02. The fourth-order valence-corrected chi connectivity index (χ4v) is 48.4. The van der Waals surface area contributed by atoms with Gasteiger partial charge in [-0.3, -0.25) is 4.79 Å². The number of alkyl halides is 3. The number of aromatic hydroxyl groups is 4. The summed E-state index contributed by atoms with van der Waals surface area (Å²) in [7, 11) is -17.1. The molecule has 0 saturated heterocycles. The van der Waals surface area contributed by atoms with Gasteiger partial charge in [-0.1, -0.05) is 171 Å². The molecule has 24 nitrogen and oxygen atoms in total. The minimum absolute atomic E-state index is 0.00275. The molecule has 5 aromatic carbocycles. The molecule has 33 heteroatoms. The van der Waals surface area contributed by atoms with E-state index in [1.165, 1.54) is 91.5 Å². The van der Waals surface area contributed by atoms with Gasteiger partial charge in [-0.2, -0.15) is 21.6 Å². The van der Waals surface area contributed by atoms with Crippen LogP contribution < -0.4 is 23.7 Å². The molecule has 0 aromatic heterocycles. The number of hydrogen-bond acceptors (Lipinski definition) is 23. The Hall–Kier alpha value is -7.07. The van der Waals surface area contributed by atoms with Crippen molar-refractivity contribution in [2.24, 2.45) is 113 Å². The van der Waals surface area contributed by atoms with Crippen molar-refractivity contribution in [3.8, 4) is 46.0 Å². The monoisotopic (exact) mass is 2150 g/mol. The minimum Gasteiger partial charge on any atom is -0.508 e. The molecule has 1 amide bonds. The molecule has 5 heterocycles. The first-order valence-corrected chi connectivity index (χ1v) is 62.5. The summed E-state index contributed by atoms with van der Waals surface area (Å²) in [5, 5.41) is 44.2. The fourth-order valence-electron chi connectivity index (χ4n) is 36.4. The quantitative estimate of drug-likeness (QED) is 0.0574. The number of carbonyl (C=O) groups is 2. The molecule has 15 aliphatic rings. The van der Waals surface area contributed by atoms with Gasteiger partial charge in [0.25, 0.3) is 5.91 Å². The second-order valence-corrected chi connectivity index (χ2v) is 64.3. The standard InChI is InChI=1S/C24H34O5S.C23H31F3O6S2.C23H33NO4S.C22H32O4S.C21H30O4S/c1-22(2)9-7-10-23(3)18(22)8-11-24(4)19(23)14-30(26,27)17-13-15(28-5)12-16(20(17)24)21(25)29-6;1-20(2)8-6-9-21(3)17(20)7-10-22(4)18(21)13-33(27,28)16-12-14(31-5)11-15(19(16)22)32-34(29,30)23(24,25)26;1-21(2)8-6-9-22(3)17(21)7-10-23(4)18(22)13-29(27,28)16-12-14(25)11-15(19(16)23)20(26)24-5;1-20(2)8-6-9-21(3)17(20)7-10-22(4)18(21)13-27(24,25)16-12-14(26-5)11-15(23)19(16)22;1-19(2)7-5-8-20(3)16(19)6-9-21(4)17(20)12-26(24,25)15-11-13(22)10-14(23)18(15)21/h12-13,18-19H,7-11,14H2,1-6H3;11-12,17-18H,6-10,13H2,1-5H3;11-12,17-18,25H,6-10,13H2,1-5H3,(H,24,26);11-12,17-18,23H,6-10,13H2,1-5H3;10-11,16-17,22-23H,5-9,12H2,1-4H3/t18-,19+,23-,24+;17-,18+,21-,22+;17-,18+,22-,23+;17-,18+,21-,22+;16-,17+,20-,21+/m00000/s1. The summed E-state index contributed by atoms with van der Waals surface area (Å²) in [6, 6.07) is 14.1. The summed E-state index contributed by atoms with van der Waals surface area (Å²) in [5.41, 5.74) is -4.74. The van der Waals surface area contributed by atoms with Crippen LogP contribution in [0.25, 0.3) is 0 Å². The van der Waals surface area contributed by atoms with Crippen LogP contribution in [0.4, 0.5) is 13.2 Å². The van der Waals surface area contributed by atoms with E-state index in [9.17, 15) is 93.7 Å². The first-order valence-electron chi connectivity index (χ1n) is 52.8. The predicted molar refractivity (Wildman–Crippen MR) is 556 cm³/mol. The number of phenols is 4. The highest BCUT2D eigenvalue weighted by atomic mass is 32.2. The molecule has 5 aliphatic heterocycles.